The third-order valence-corrected chi connectivity index (χ3v) is 3.29. The highest BCUT2D eigenvalue weighted by atomic mass is 35.5. The molecule has 1 aliphatic heterocycles. The Balaban J connectivity index is 2.50. The number of carbonyl (C=O) groups excluding carboxylic acids is 1. The van der Waals surface area contributed by atoms with Crippen LogP contribution in [-0.4, -0.2) is 25.7 Å². The Labute approximate surface area is 117 Å². The second kappa shape index (κ2) is 5.62. The van der Waals surface area contributed by atoms with Crippen LogP contribution in [0.4, 0.5) is 5.69 Å². The van der Waals surface area contributed by atoms with Gasteiger partial charge in [0.05, 0.1) is 6.61 Å². The number of carbonyl (C=O) groups is 1. The summed E-state index contributed by atoms with van der Waals surface area (Å²) in [7, 11) is 0. The van der Waals surface area contributed by atoms with Gasteiger partial charge in [-0.3, -0.25) is 10.1 Å². The fraction of sp³-hybridized carbons (Fsp3) is 0.357. The standard InChI is InChI=1S/C14H15ClN2O2/c1-3-14(9-19-4-2)11-7-10(15)5-6-12(11)16-13(8-18)17-14/h1,5-8,13,16-17H,4,9H2,2H3. The predicted octanol–water partition coefficient (Wildman–Crippen LogP) is 1.75. The molecular weight excluding hydrogens is 264 g/mol. The van der Waals surface area contributed by atoms with E-state index in [-0.39, 0.29) is 6.61 Å². The van der Waals surface area contributed by atoms with Crippen LogP contribution in [-0.2, 0) is 15.1 Å². The summed E-state index contributed by atoms with van der Waals surface area (Å²) in [5.41, 5.74) is 0.750. The third kappa shape index (κ3) is 2.59. The van der Waals surface area contributed by atoms with Gasteiger partial charge in [-0.1, -0.05) is 17.5 Å². The molecule has 0 radical (unpaired) electrons. The molecule has 0 spiro atoms. The molecule has 2 rings (SSSR count). The third-order valence-electron chi connectivity index (χ3n) is 3.06. The average molecular weight is 279 g/mol. The van der Waals surface area contributed by atoms with Gasteiger partial charge < -0.3 is 10.1 Å². The number of nitrogens with one attached hydrogen (secondary N) is 2. The van der Waals surface area contributed by atoms with Gasteiger partial charge in [-0.05, 0) is 25.1 Å². The maximum atomic E-state index is 11.1. The molecule has 1 aromatic rings. The van der Waals surface area contributed by atoms with Crippen molar-refractivity contribution in [2.75, 3.05) is 18.5 Å². The number of hydrogen-bond donors (Lipinski definition) is 2. The van der Waals surface area contributed by atoms with Gasteiger partial charge in [-0.15, -0.1) is 6.42 Å². The number of fused-ring (bicyclic) bond motifs is 1. The molecule has 19 heavy (non-hydrogen) atoms. The lowest BCUT2D eigenvalue weighted by molar-refractivity contribution is -0.109. The van der Waals surface area contributed by atoms with Crippen molar-refractivity contribution in [3.05, 3.63) is 28.8 Å². The highest BCUT2D eigenvalue weighted by Crippen LogP contribution is 2.34. The molecule has 1 aromatic carbocycles. The number of halogens is 1. The summed E-state index contributed by atoms with van der Waals surface area (Å²) in [6, 6.07) is 5.35. The summed E-state index contributed by atoms with van der Waals surface area (Å²) < 4.78 is 5.46. The molecule has 1 heterocycles. The zero-order chi connectivity index (χ0) is 13.9. The first kappa shape index (κ1) is 13.9. The number of aldehydes is 1. The summed E-state index contributed by atoms with van der Waals surface area (Å²) in [5.74, 6) is 2.71. The van der Waals surface area contributed by atoms with Crippen LogP contribution in [0.25, 0.3) is 0 Å². The summed E-state index contributed by atoms with van der Waals surface area (Å²) in [6.45, 7) is 2.71. The Morgan fingerprint density at radius 1 is 1.63 bits per heavy atom. The fourth-order valence-corrected chi connectivity index (χ4v) is 2.32. The van der Waals surface area contributed by atoms with Crippen LogP contribution in [0.1, 0.15) is 12.5 Å². The van der Waals surface area contributed by atoms with Crippen LogP contribution >= 0.6 is 11.6 Å². The van der Waals surface area contributed by atoms with E-state index in [9.17, 15) is 4.79 Å². The number of anilines is 1. The van der Waals surface area contributed by atoms with Crippen molar-refractivity contribution < 1.29 is 9.53 Å². The van der Waals surface area contributed by atoms with E-state index in [0.717, 1.165) is 17.5 Å². The normalized spacial score (nSPS) is 25.0. The van der Waals surface area contributed by atoms with Crippen LogP contribution in [0.5, 0.6) is 0 Å². The Morgan fingerprint density at radius 3 is 3.05 bits per heavy atom. The number of rotatable bonds is 4. The highest BCUT2D eigenvalue weighted by molar-refractivity contribution is 6.30. The lowest BCUT2D eigenvalue weighted by Crippen LogP contribution is -2.57. The second-order valence-electron chi connectivity index (χ2n) is 4.28. The molecule has 2 N–H and O–H groups in total. The van der Waals surface area contributed by atoms with Crippen LogP contribution < -0.4 is 10.6 Å². The topological polar surface area (TPSA) is 50.4 Å². The first-order valence-electron chi connectivity index (χ1n) is 6.00. The van der Waals surface area contributed by atoms with E-state index in [4.69, 9.17) is 22.8 Å². The Hall–Kier alpha value is -1.54. The van der Waals surface area contributed by atoms with Crippen molar-refractivity contribution in [2.24, 2.45) is 0 Å². The molecule has 1 aliphatic rings. The number of terminal acetylenes is 1. The van der Waals surface area contributed by atoms with Gasteiger partial charge in [0, 0.05) is 22.9 Å². The molecule has 4 nitrogen and oxygen atoms in total. The zero-order valence-electron chi connectivity index (χ0n) is 10.6. The van der Waals surface area contributed by atoms with E-state index in [1.165, 1.54) is 0 Å². The molecule has 0 amide bonds. The molecule has 0 saturated heterocycles. The SMILES string of the molecule is C#CC1(COCC)NC(C=O)Nc2ccc(Cl)cc21. The van der Waals surface area contributed by atoms with Crippen molar-refractivity contribution in [1.82, 2.24) is 5.32 Å². The maximum absolute atomic E-state index is 11.1. The van der Waals surface area contributed by atoms with E-state index >= 15 is 0 Å². The van der Waals surface area contributed by atoms with Gasteiger partial charge in [0.2, 0.25) is 0 Å². The number of ether oxygens (including phenoxy) is 1. The summed E-state index contributed by atoms with van der Waals surface area (Å²) >= 11 is 6.03. The average Bonchev–Trinajstić information content (AvgIpc) is 2.44. The minimum absolute atomic E-state index is 0.277. The first-order chi connectivity index (χ1) is 9.15. The van der Waals surface area contributed by atoms with Crippen LogP contribution in [0.15, 0.2) is 18.2 Å². The van der Waals surface area contributed by atoms with E-state index in [0.29, 0.717) is 11.6 Å². The van der Waals surface area contributed by atoms with Crippen molar-refractivity contribution in [2.45, 2.75) is 18.6 Å². The van der Waals surface area contributed by atoms with Crippen LogP contribution in [0, 0.1) is 12.3 Å². The van der Waals surface area contributed by atoms with Gasteiger partial charge in [-0.2, -0.15) is 0 Å². The molecule has 0 aromatic heterocycles. The fourth-order valence-electron chi connectivity index (χ4n) is 2.15. The van der Waals surface area contributed by atoms with Gasteiger partial charge in [0.25, 0.3) is 0 Å². The second-order valence-corrected chi connectivity index (χ2v) is 4.72. The van der Waals surface area contributed by atoms with Crippen molar-refractivity contribution in [3.8, 4) is 12.3 Å². The Morgan fingerprint density at radius 2 is 2.42 bits per heavy atom. The smallest absolute Gasteiger partial charge is 0.157 e. The lowest BCUT2D eigenvalue weighted by atomic mass is 9.87. The minimum Gasteiger partial charge on any atom is -0.378 e. The van der Waals surface area contributed by atoms with E-state index < -0.39 is 11.7 Å². The molecular formula is C14H15ClN2O2. The van der Waals surface area contributed by atoms with E-state index in [1.54, 1.807) is 12.1 Å². The highest BCUT2D eigenvalue weighted by Gasteiger charge is 2.38. The van der Waals surface area contributed by atoms with Gasteiger partial charge in [-0.25, -0.2) is 0 Å². The first-order valence-corrected chi connectivity index (χ1v) is 6.38. The van der Waals surface area contributed by atoms with Crippen LogP contribution in [0.2, 0.25) is 5.02 Å². The summed E-state index contributed by atoms with van der Waals surface area (Å²) in [5, 5.41) is 6.72. The molecule has 0 bridgehead atoms. The zero-order valence-corrected chi connectivity index (χ0v) is 11.3. The predicted molar refractivity (Wildman–Crippen MR) is 75.1 cm³/mol. The summed E-state index contributed by atoms with van der Waals surface area (Å²) in [6.07, 6.45) is 5.90. The van der Waals surface area contributed by atoms with E-state index in [1.807, 2.05) is 13.0 Å². The largest absolute Gasteiger partial charge is 0.378 e. The molecule has 100 valence electrons. The monoisotopic (exact) mass is 278 g/mol. The minimum atomic E-state index is -0.854. The number of hydrogen-bond acceptors (Lipinski definition) is 4. The summed E-state index contributed by atoms with van der Waals surface area (Å²) in [4.78, 5) is 11.1. The van der Waals surface area contributed by atoms with Crippen LogP contribution in [0.3, 0.4) is 0 Å². The lowest BCUT2D eigenvalue weighted by Gasteiger charge is -2.39. The van der Waals surface area contributed by atoms with Gasteiger partial charge in [0.1, 0.15) is 11.7 Å². The molecule has 2 unspecified atom stereocenters. The Kier molecular flexibility index (Phi) is 4.11. The van der Waals surface area contributed by atoms with Crippen molar-refractivity contribution in [3.63, 3.8) is 0 Å². The van der Waals surface area contributed by atoms with Gasteiger partial charge in [0.15, 0.2) is 6.29 Å². The van der Waals surface area contributed by atoms with E-state index in [2.05, 4.69) is 16.6 Å². The molecule has 2 atom stereocenters. The van der Waals surface area contributed by atoms with Crippen molar-refractivity contribution in [1.29, 1.82) is 0 Å². The van der Waals surface area contributed by atoms with Gasteiger partial charge >= 0.3 is 0 Å². The molecule has 0 fully saturated rings. The maximum Gasteiger partial charge on any atom is 0.157 e. The quantitative estimate of drug-likeness (QED) is 0.651. The van der Waals surface area contributed by atoms with Crippen molar-refractivity contribution >= 4 is 23.6 Å². The Bertz CT molecular complexity index is 527. The molecule has 5 heteroatoms. The molecule has 0 aliphatic carbocycles. The number of benzene rings is 1. The molecule has 0 saturated carbocycles.